The molecule has 1 atom stereocenters. The molecule has 0 aliphatic carbocycles. The van der Waals surface area contributed by atoms with Gasteiger partial charge in [-0.25, -0.2) is 17.5 Å². The van der Waals surface area contributed by atoms with Crippen LogP contribution in [0.1, 0.15) is 31.0 Å². The highest BCUT2D eigenvalue weighted by Crippen LogP contribution is 2.24. The van der Waals surface area contributed by atoms with Crippen LogP contribution in [-0.2, 0) is 16.6 Å². The van der Waals surface area contributed by atoms with Gasteiger partial charge in [0.25, 0.3) is 0 Å². The van der Waals surface area contributed by atoms with Crippen molar-refractivity contribution in [3.05, 3.63) is 65.5 Å². The summed E-state index contributed by atoms with van der Waals surface area (Å²) in [6, 6.07) is 12.3. The first-order valence-electron chi connectivity index (χ1n) is 8.20. The van der Waals surface area contributed by atoms with Crippen LogP contribution in [0.2, 0.25) is 0 Å². The molecule has 2 aromatic rings. The summed E-state index contributed by atoms with van der Waals surface area (Å²) in [6.07, 6.45) is 0. The van der Waals surface area contributed by atoms with Crippen LogP contribution in [0.15, 0.2) is 53.4 Å². The molecule has 0 radical (unpaired) electrons. The normalized spacial score (nSPS) is 13.4. The van der Waals surface area contributed by atoms with Crippen LogP contribution in [0, 0.1) is 11.7 Å². The number of nitrogens with one attached hydrogen (secondary N) is 1. The van der Waals surface area contributed by atoms with Crippen LogP contribution in [0.4, 0.5) is 4.39 Å². The van der Waals surface area contributed by atoms with Gasteiger partial charge in [0, 0.05) is 12.6 Å². The maximum absolute atomic E-state index is 13.1. The minimum absolute atomic E-state index is 0.0215. The zero-order valence-electron chi connectivity index (χ0n) is 15.0. The van der Waals surface area contributed by atoms with E-state index >= 15 is 0 Å². The van der Waals surface area contributed by atoms with E-state index in [1.165, 1.54) is 12.1 Å². The molecule has 0 aliphatic rings. The second-order valence-electron chi connectivity index (χ2n) is 6.78. The van der Waals surface area contributed by atoms with E-state index in [2.05, 4.69) is 4.72 Å². The molecule has 136 valence electrons. The van der Waals surface area contributed by atoms with Crippen molar-refractivity contribution in [3.63, 3.8) is 0 Å². The van der Waals surface area contributed by atoms with Crippen molar-refractivity contribution < 1.29 is 12.8 Å². The monoisotopic (exact) mass is 364 g/mol. The molecule has 0 aromatic heterocycles. The number of hydrogen-bond donors (Lipinski definition) is 1. The first-order valence-corrected chi connectivity index (χ1v) is 9.69. The van der Waals surface area contributed by atoms with Crippen molar-refractivity contribution in [1.82, 2.24) is 9.62 Å². The molecule has 0 fully saturated rings. The predicted molar refractivity (Wildman–Crippen MR) is 98.1 cm³/mol. The highest BCUT2D eigenvalue weighted by Gasteiger charge is 2.24. The third-order valence-corrected chi connectivity index (χ3v) is 5.37. The predicted octanol–water partition coefficient (Wildman–Crippen LogP) is 3.56. The average Bonchev–Trinajstić information content (AvgIpc) is 2.53. The minimum Gasteiger partial charge on any atom is -0.305 e. The molecule has 0 heterocycles. The fraction of sp³-hybridized carbons (Fsp3) is 0.368. The van der Waals surface area contributed by atoms with Gasteiger partial charge in [0.2, 0.25) is 10.0 Å². The Labute approximate surface area is 149 Å². The number of nitrogens with zero attached hydrogens (tertiary/aromatic N) is 1. The molecule has 0 unspecified atom stereocenters. The molecule has 2 rings (SSSR count). The van der Waals surface area contributed by atoms with E-state index in [1.54, 1.807) is 24.3 Å². The van der Waals surface area contributed by atoms with Gasteiger partial charge in [0.1, 0.15) is 5.82 Å². The number of rotatable bonds is 7. The Hall–Kier alpha value is -1.76. The quantitative estimate of drug-likeness (QED) is 0.817. The first kappa shape index (κ1) is 19.6. The second kappa shape index (κ2) is 8.08. The Morgan fingerprint density at radius 3 is 2.04 bits per heavy atom. The van der Waals surface area contributed by atoms with Crippen LogP contribution in [-0.4, -0.2) is 27.4 Å². The minimum atomic E-state index is -3.67. The van der Waals surface area contributed by atoms with Crippen molar-refractivity contribution in [3.8, 4) is 0 Å². The molecule has 0 saturated carbocycles. The summed E-state index contributed by atoms with van der Waals surface area (Å²) >= 11 is 0. The van der Waals surface area contributed by atoms with E-state index in [4.69, 9.17) is 0 Å². The van der Waals surface area contributed by atoms with Crippen molar-refractivity contribution >= 4 is 10.0 Å². The van der Waals surface area contributed by atoms with Gasteiger partial charge in [-0.15, -0.1) is 0 Å². The molecular weight excluding hydrogens is 339 g/mol. The van der Waals surface area contributed by atoms with Gasteiger partial charge < -0.3 is 4.90 Å². The van der Waals surface area contributed by atoms with Gasteiger partial charge in [-0.3, -0.25) is 0 Å². The van der Waals surface area contributed by atoms with Crippen molar-refractivity contribution in [2.75, 3.05) is 14.1 Å². The third kappa shape index (κ3) is 5.36. The van der Waals surface area contributed by atoms with Crippen molar-refractivity contribution in [1.29, 1.82) is 0 Å². The summed E-state index contributed by atoms with van der Waals surface area (Å²) in [6.45, 7) is 4.60. The lowest BCUT2D eigenvalue weighted by atomic mass is 9.97. The highest BCUT2D eigenvalue weighted by atomic mass is 32.2. The van der Waals surface area contributed by atoms with Crippen LogP contribution in [0.3, 0.4) is 0 Å². The van der Waals surface area contributed by atoms with Crippen LogP contribution in [0.25, 0.3) is 0 Å². The lowest BCUT2D eigenvalue weighted by molar-refractivity contribution is 0.402. The fourth-order valence-corrected chi connectivity index (χ4v) is 4.01. The van der Waals surface area contributed by atoms with Gasteiger partial charge in [-0.1, -0.05) is 38.1 Å². The second-order valence-corrected chi connectivity index (χ2v) is 8.49. The zero-order valence-corrected chi connectivity index (χ0v) is 15.8. The Morgan fingerprint density at radius 1 is 1.00 bits per heavy atom. The van der Waals surface area contributed by atoms with E-state index < -0.39 is 16.1 Å². The maximum Gasteiger partial charge on any atom is 0.241 e. The summed E-state index contributed by atoms with van der Waals surface area (Å²) in [5, 5.41) is 0. The lowest BCUT2D eigenvalue weighted by Crippen LogP contribution is -2.31. The molecule has 0 amide bonds. The largest absolute Gasteiger partial charge is 0.305 e. The maximum atomic E-state index is 13.1. The van der Waals surface area contributed by atoms with Crippen LogP contribution >= 0.6 is 0 Å². The lowest BCUT2D eigenvalue weighted by Gasteiger charge is -2.23. The SMILES string of the molecule is CC(C)[C@H](NS(=O)(=O)c1ccc(CN(C)C)cc1)c1ccc(F)cc1. The van der Waals surface area contributed by atoms with E-state index in [1.807, 2.05) is 45.0 Å². The summed E-state index contributed by atoms with van der Waals surface area (Å²) in [5.74, 6) is -0.321. The van der Waals surface area contributed by atoms with Gasteiger partial charge in [-0.05, 0) is 55.4 Å². The summed E-state index contributed by atoms with van der Waals surface area (Å²) < 4.78 is 41.3. The number of sulfonamides is 1. The van der Waals surface area contributed by atoms with Gasteiger partial charge in [0.15, 0.2) is 0 Å². The van der Waals surface area contributed by atoms with Gasteiger partial charge in [0.05, 0.1) is 4.90 Å². The standard InChI is InChI=1S/C19H25FN2O2S/c1-14(2)19(16-7-9-17(20)10-8-16)21-25(23,24)18-11-5-15(6-12-18)13-22(3)4/h5-12,14,19,21H,13H2,1-4H3/t19-/m0/s1. The Balaban J connectivity index is 2.23. The highest BCUT2D eigenvalue weighted by molar-refractivity contribution is 7.89. The number of benzene rings is 2. The topological polar surface area (TPSA) is 49.4 Å². The van der Waals surface area contributed by atoms with E-state index in [-0.39, 0.29) is 16.6 Å². The van der Waals surface area contributed by atoms with Crippen LogP contribution in [0.5, 0.6) is 0 Å². The zero-order chi connectivity index (χ0) is 18.6. The molecule has 25 heavy (non-hydrogen) atoms. The smallest absolute Gasteiger partial charge is 0.241 e. The molecule has 6 heteroatoms. The van der Waals surface area contributed by atoms with E-state index in [9.17, 15) is 12.8 Å². The van der Waals surface area contributed by atoms with Gasteiger partial charge in [-0.2, -0.15) is 0 Å². The van der Waals surface area contributed by atoms with Crippen LogP contribution < -0.4 is 4.72 Å². The van der Waals surface area contributed by atoms with Crippen molar-refractivity contribution in [2.24, 2.45) is 5.92 Å². The number of hydrogen-bond acceptors (Lipinski definition) is 3. The molecule has 0 bridgehead atoms. The van der Waals surface area contributed by atoms with Crippen molar-refractivity contribution in [2.45, 2.75) is 31.3 Å². The molecule has 2 aromatic carbocycles. The first-order chi connectivity index (χ1) is 11.7. The Kier molecular flexibility index (Phi) is 6.32. The van der Waals surface area contributed by atoms with E-state index in [0.717, 1.165) is 17.7 Å². The van der Waals surface area contributed by atoms with Gasteiger partial charge >= 0.3 is 0 Å². The molecule has 0 spiro atoms. The summed E-state index contributed by atoms with van der Waals surface area (Å²) in [5.41, 5.74) is 1.78. The molecule has 1 N–H and O–H groups in total. The fourth-order valence-electron chi connectivity index (χ4n) is 2.63. The number of halogens is 1. The molecule has 4 nitrogen and oxygen atoms in total. The van der Waals surface area contributed by atoms with E-state index in [0.29, 0.717) is 0 Å². The summed E-state index contributed by atoms with van der Waals surface area (Å²) in [4.78, 5) is 2.24. The third-order valence-electron chi connectivity index (χ3n) is 3.91. The summed E-state index contributed by atoms with van der Waals surface area (Å²) in [7, 11) is 0.256. The molecular formula is C19H25FN2O2S. The Morgan fingerprint density at radius 2 is 1.56 bits per heavy atom. The average molecular weight is 364 g/mol. The molecule has 0 saturated heterocycles. The Bertz CT molecular complexity index is 785. The molecule has 0 aliphatic heterocycles.